The summed E-state index contributed by atoms with van der Waals surface area (Å²) < 4.78 is 0. The minimum atomic E-state index is -2.93. The summed E-state index contributed by atoms with van der Waals surface area (Å²) in [6, 6.07) is 11.9. The van der Waals surface area contributed by atoms with Crippen molar-refractivity contribution in [2.45, 2.75) is 43.6 Å². The Bertz CT molecular complexity index is 1530. The maximum atomic E-state index is 14.1. The Kier molecular flexibility index (Phi) is 7.48. The number of nitrogens with zero attached hydrogens (tertiary/aromatic N) is 1. The third kappa shape index (κ3) is 4.23. The van der Waals surface area contributed by atoms with E-state index in [0.717, 1.165) is 12.0 Å². The molecule has 0 saturated heterocycles. The number of nitrogens with two attached hydrogens (primary N) is 1. The Labute approximate surface area is 242 Å². The Hall–Kier alpha value is -4.03. The number of likely N-dealkylation sites (N-methyl/N-ethyl adjacent to an activating group) is 1. The number of carbonyl (C=O) groups is 3. The Morgan fingerprint density at radius 3 is 2.36 bits per heavy atom. The summed E-state index contributed by atoms with van der Waals surface area (Å²) in [5.41, 5.74) is 3.11. The van der Waals surface area contributed by atoms with Gasteiger partial charge in [-0.25, -0.2) is 0 Å². The fourth-order valence-electron chi connectivity index (χ4n) is 6.90. The first kappa shape index (κ1) is 29.5. The third-order valence-corrected chi connectivity index (χ3v) is 8.96. The molecule has 2 aromatic carbocycles. The molecule has 11 heteroatoms. The molecule has 0 heterocycles. The first-order chi connectivity index (χ1) is 19.8. The van der Waals surface area contributed by atoms with Crippen LogP contribution in [0, 0.1) is 11.8 Å². The largest absolute Gasteiger partial charge is 0.508 e. The zero-order valence-electron chi connectivity index (χ0n) is 23.5. The van der Waals surface area contributed by atoms with Crippen molar-refractivity contribution in [3.05, 3.63) is 81.6 Å². The molecular weight excluding hydrogens is 542 g/mol. The Morgan fingerprint density at radius 2 is 1.74 bits per heavy atom. The number of carbonyl (C=O) groups excluding carboxylic acids is 3. The van der Waals surface area contributed by atoms with Crippen molar-refractivity contribution in [3.8, 4) is 5.75 Å². The van der Waals surface area contributed by atoms with E-state index in [9.17, 15) is 39.9 Å². The maximum Gasteiger partial charge on any atom is 0.255 e. The van der Waals surface area contributed by atoms with Gasteiger partial charge in [0, 0.05) is 23.6 Å². The average Bonchev–Trinajstić information content (AvgIpc) is 2.94. The number of primary amides is 1. The number of rotatable bonds is 7. The topological polar surface area (TPSA) is 194 Å². The van der Waals surface area contributed by atoms with E-state index in [4.69, 9.17) is 5.73 Å². The highest BCUT2D eigenvalue weighted by atomic mass is 16.4. The number of nitrogens with one attached hydrogen (secondary N) is 1. The predicted molar refractivity (Wildman–Crippen MR) is 152 cm³/mol. The van der Waals surface area contributed by atoms with E-state index in [1.165, 1.54) is 19.0 Å². The van der Waals surface area contributed by atoms with E-state index in [-0.39, 0.29) is 17.9 Å². The molecule has 222 valence electrons. The number of hydrogen-bond acceptors (Lipinski definition) is 10. The van der Waals surface area contributed by atoms with Crippen LogP contribution in [0.1, 0.15) is 35.1 Å². The van der Waals surface area contributed by atoms with Gasteiger partial charge in [-0.3, -0.25) is 19.3 Å². The van der Waals surface area contributed by atoms with E-state index < -0.39 is 75.6 Å². The lowest BCUT2D eigenvalue weighted by Gasteiger charge is -2.53. The molecule has 2 aromatic rings. The molecule has 8 N–H and O–H groups in total. The van der Waals surface area contributed by atoms with Crippen molar-refractivity contribution in [1.29, 1.82) is 0 Å². The van der Waals surface area contributed by atoms with Crippen LogP contribution < -0.4 is 11.1 Å². The van der Waals surface area contributed by atoms with Gasteiger partial charge in [0.05, 0.1) is 23.6 Å². The summed E-state index contributed by atoms with van der Waals surface area (Å²) >= 11 is 0. The van der Waals surface area contributed by atoms with Gasteiger partial charge in [-0.2, -0.15) is 0 Å². The summed E-state index contributed by atoms with van der Waals surface area (Å²) in [5.74, 6) is -8.97. The van der Waals surface area contributed by atoms with Crippen LogP contribution >= 0.6 is 0 Å². The number of phenolic OH excluding ortho intramolecular Hbond substituents is 1. The van der Waals surface area contributed by atoms with Crippen LogP contribution in [0.4, 0.5) is 0 Å². The lowest BCUT2D eigenvalue weighted by Crippen LogP contribution is -2.70. The summed E-state index contributed by atoms with van der Waals surface area (Å²) in [6.45, 7) is 2.58. The van der Waals surface area contributed by atoms with Gasteiger partial charge in [-0.1, -0.05) is 49.4 Å². The van der Waals surface area contributed by atoms with E-state index in [0.29, 0.717) is 17.7 Å². The second-order valence-corrected chi connectivity index (χ2v) is 11.5. The minimum absolute atomic E-state index is 0.0200. The maximum absolute atomic E-state index is 14.1. The van der Waals surface area contributed by atoms with Crippen LogP contribution in [-0.2, 0) is 27.3 Å². The molecule has 6 atom stereocenters. The summed E-state index contributed by atoms with van der Waals surface area (Å²) in [4.78, 5) is 40.8. The summed E-state index contributed by atoms with van der Waals surface area (Å²) in [6.07, 6.45) is -0.865. The quantitative estimate of drug-likeness (QED) is 0.183. The lowest BCUT2D eigenvalue weighted by molar-refractivity contribution is -0.169. The van der Waals surface area contributed by atoms with Crippen LogP contribution in [0.15, 0.2) is 59.4 Å². The van der Waals surface area contributed by atoms with Gasteiger partial charge in [-0.05, 0) is 44.1 Å². The molecule has 0 spiro atoms. The van der Waals surface area contributed by atoms with Crippen LogP contribution in [0.3, 0.4) is 0 Å². The number of Topliss-reactive ketones (excluding diaryl/α,β-unsaturated/α-hetero) is 2. The molecule has 0 aromatic heterocycles. The zero-order chi connectivity index (χ0) is 30.7. The van der Waals surface area contributed by atoms with Crippen molar-refractivity contribution in [1.82, 2.24) is 10.2 Å². The van der Waals surface area contributed by atoms with Gasteiger partial charge in [0.2, 0.25) is 5.78 Å². The highest BCUT2D eigenvalue weighted by molar-refractivity contribution is 6.24. The van der Waals surface area contributed by atoms with E-state index in [1.807, 2.05) is 30.3 Å². The summed E-state index contributed by atoms with van der Waals surface area (Å²) in [7, 11) is 2.94. The molecule has 5 rings (SSSR count). The highest BCUT2D eigenvalue weighted by Crippen LogP contribution is 2.56. The molecule has 6 unspecified atom stereocenters. The fraction of sp³-hybridized carbons (Fsp3) is 0.387. The lowest BCUT2D eigenvalue weighted by atomic mass is 9.54. The van der Waals surface area contributed by atoms with E-state index >= 15 is 0 Å². The van der Waals surface area contributed by atoms with E-state index in [1.54, 1.807) is 19.1 Å². The minimum Gasteiger partial charge on any atom is -0.508 e. The molecule has 0 radical (unpaired) electrons. The number of amides is 1. The van der Waals surface area contributed by atoms with Crippen molar-refractivity contribution >= 4 is 23.2 Å². The van der Waals surface area contributed by atoms with Gasteiger partial charge < -0.3 is 36.6 Å². The van der Waals surface area contributed by atoms with Gasteiger partial charge >= 0.3 is 0 Å². The molecule has 11 nitrogen and oxygen atoms in total. The molecule has 1 amide bonds. The number of aliphatic hydroxyl groups excluding tert-OH is 3. The Morgan fingerprint density at radius 1 is 1.07 bits per heavy atom. The molecule has 0 bridgehead atoms. The van der Waals surface area contributed by atoms with Crippen molar-refractivity contribution in [3.63, 3.8) is 0 Å². The zero-order valence-corrected chi connectivity index (χ0v) is 23.5. The second kappa shape index (κ2) is 10.7. The third-order valence-electron chi connectivity index (χ3n) is 8.96. The second-order valence-electron chi connectivity index (χ2n) is 11.5. The van der Waals surface area contributed by atoms with Crippen LogP contribution in [0.2, 0.25) is 0 Å². The van der Waals surface area contributed by atoms with Gasteiger partial charge in [0.25, 0.3) is 5.91 Å². The van der Waals surface area contributed by atoms with Crippen LogP contribution in [0.25, 0.3) is 5.76 Å². The number of fused-ring (bicyclic) bond motifs is 3. The molecule has 42 heavy (non-hydrogen) atoms. The number of aromatic hydroxyl groups is 1. The average molecular weight is 578 g/mol. The van der Waals surface area contributed by atoms with E-state index in [2.05, 4.69) is 5.32 Å². The molecule has 1 fully saturated rings. The van der Waals surface area contributed by atoms with Gasteiger partial charge in [0.1, 0.15) is 22.8 Å². The first-order valence-corrected chi connectivity index (χ1v) is 13.8. The molecule has 3 aliphatic carbocycles. The number of benzene rings is 2. The normalized spacial score (nSPS) is 29.0. The molecular formula is C31H35N3O8. The molecule has 0 aliphatic heterocycles. The monoisotopic (exact) mass is 577 g/mol. The first-order valence-electron chi connectivity index (χ1n) is 13.8. The number of hydrogen-bond donors (Lipinski definition) is 7. The molecule has 1 saturated carbocycles. The van der Waals surface area contributed by atoms with Crippen molar-refractivity contribution in [2.75, 3.05) is 20.6 Å². The van der Waals surface area contributed by atoms with Crippen molar-refractivity contribution in [2.24, 2.45) is 17.6 Å². The summed E-state index contributed by atoms with van der Waals surface area (Å²) in [5, 5.41) is 60.4. The Balaban J connectivity index is 1.57. The van der Waals surface area contributed by atoms with Crippen LogP contribution in [0.5, 0.6) is 5.75 Å². The highest BCUT2D eigenvalue weighted by Gasteiger charge is 2.68. The van der Waals surface area contributed by atoms with Crippen LogP contribution in [-0.4, -0.2) is 86.3 Å². The number of aliphatic hydroxyl groups is 4. The predicted octanol–water partition coefficient (Wildman–Crippen LogP) is 0.828. The van der Waals surface area contributed by atoms with Gasteiger partial charge in [0.15, 0.2) is 11.4 Å². The standard InChI is InChI=1S/C31H35N3O8/c1-14-17-10-9-16(13-33-12-11-15-7-5-4-6-8-15)24(35)19(17)25(36)20-18(14)26(37)22-23(34(2)3)27(38)21(30(32)41)29(40)31(22,42)28(20)39/h4-10,14,18,22-23,26,33,35-37,40,42H,11-13H2,1-3H3,(H2,32,41). The SMILES string of the molecule is CC1c2ccc(CNCCc3ccccc3)c(O)c2C(O)=C2C(=O)C3(O)C(O)=C(C(N)=O)C(=O)C(N(C)C)C3C(O)C21. The van der Waals surface area contributed by atoms with Crippen molar-refractivity contribution < 1.29 is 39.9 Å². The number of ketones is 2. The molecule has 3 aliphatic rings. The fourth-order valence-corrected chi connectivity index (χ4v) is 6.90. The number of phenols is 1. The van der Waals surface area contributed by atoms with Gasteiger partial charge in [-0.15, -0.1) is 0 Å². The smallest absolute Gasteiger partial charge is 0.255 e.